The van der Waals surface area contributed by atoms with Gasteiger partial charge in [-0.2, -0.15) is 0 Å². The van der Waals surface area contributed by atoms with E-state index in [9.17, 15) is 0 Å². The fourth-order valence-electron chi connectivity index (χ4n) is 0. The van der Waals surface area contributed by atoms with E-state index in [1.165, 1.54) is 0 Å². The molecule has 0 bridgehead atoms. The van der Waals surface area contributed by atoms with E-state index in [4.69, 9.17) is 11.5 Å². The van der Waals surface area contributed by atoms with Crippen LogP contribution in [-0.2, 0) is 0 Å². The lowest BCUT2D eigenvalue weighted by Gasteiger charge is -1.83. The van der Waals surface area contributed by atoms with E-state index in [2.05, 4.69) is 0 Å². The lowest BCUT2D eigenvalue weighted by atomic mass is 10.7. The van der Waals surface area contributed by atoms with E-state index < -0.39 is 0 Å². The van der Waals surface area contributed by atoms with Crippen molar-refractivity contribution in [3.63, 3.8) is 0 Å². The average molecular weight is 76.1 g/mol. The highest BCUT2D eigenvalue weighted by molar-refractivity contribution is 4.28. The SMILES string of the molecule is C.CC(N)N. The molecule has 0 rings (SSSR count). The Morgan fingerprint density at radius 1 is 1.40 bits per heavy atom. The first-order valence-corrected chi connectivity index (χ1v) is 1.24. The van der Waals surface area contributed by atoms with Crippen molar-refractivity contribution >= 4 is 0 Å². The molecule has 34 valence electrons. The van der Waals surface area contributed by atoms with Crippen LogP contribution < -0.4 is 11.5 Å². The van der Waals surface area contributed by atoms with Crippen molar-refractivity contribution < 1.29 is 0 Å². The van der Waals surface area contributed by atoms with Gasteiger partial charge in [-0.1, -0.05) is 7.43 Å². The van der Waals surface area contributed by atoms with Crippen LogP contribution in [0.5, 0.6) is 0 Å². The van der Waals surface area contributed by atoms with E-state index in [0.29, 0.717) is 0 Å². The summed E-state index contributed by atoms with van der Waals surface area (Å²) in [5.41, 5.74) is 9.78. The van der Waals surface area contributed by atoms with Crippen LogP contribution >= 0.6 is 0 Å². The lowest BCUT2D eigenvalue weighted by molar-refractivity contribution is 0.790. The third kappa shape index (κ3) is 2260. The predicted octanol–water partition coefficient (Wildman–Crippen LogP) is -0.114. The molecule has 0 aromatic heterocycles. The number of hydrogen-bond acceptors (Lipinski definition) is 2. The quantitative estimate of drug-likeness (QED) is 0.395. The summed E-state index contributed by atoms with van der Waals surface area (Å²) in [6.45, 7) is 1.72. The molecule has 4 N–H and O–H groups in total. The molecule has 0 atom stereocenters. The van der Waals surface area contributed by atoms with Gasteiger partial charge in [0.05, 0.1) is 0 Å². The summed E-state index contributed by atoms with van der Waals surface area (Å²) in [7, 11) is 0. The first-order valence-electron chi connectivity index (χ1n) is 1.24. The second-order valence-corrected chi connectivity index (χ2v) is 0.859. The minimum atomic E-state index is -0.167. The highest BCUT2D eigenvalue weighted by Crippen LogP contribution is 1.41. The Balaban J connectivity index is 0. The minimum absolute atomic E-state index is 0. The Morgan fingerprint density at radius 2 is 1.40 bits per heavy atom. The normalized spacial score (nSPS) is 7.20. The van der Waals surface area contributed by atoms with Crippen LogP contribution in [0.1, 0.15) is 14.4 Å². The summed E-state index contributed by atoms with van der Waals surface area (Å²) in [6, 6.07) is 0. The fourth-order valence-corrected chi connectivity index (χ4v) is 0. The van der Waals surface area contributed by atoms with Crippen molar-refractivity contribution in [3.8, 4) is 0 Å². The van der Waals surface area contributed by atoms with Crippen molar-refractivity contribution in [1.82, 2.24) is 0 Å². The van der Waals surface area contributed by atoms with Gasteiger partial charge in [-0.25, -0.2) is 0 Å². The van der Waals surface area contributed by atoms with Crippen LogP contribution in [0.4, 0.5) is 0 Å². The van der Waals surface area contributed by atoms with Gasteiger partial charge in [0.1, 0.15) is 0 Å². The third-order valence-corrected chi connectivity index (χ3v) is 0. The highest BCUT2D eigenvalue weighted by atomic mass is 14.8. The number of hydrogen-bond donors (Lipinski definition) is 2. The second-order valence-electron chi connectivity index (χ2n) is 0.859. The van der Waals surface area contributed by atoms with Crippen LogP contribution in [0.25, 0.3) is 0 Å². The lowest BCUT2D eigenvalue weighted by Crippen LogP contribution is -2.25. The van der Waals surface area contributed by atoms with Gasteiger partial charge in [-0.05, 0) is 6.92 Å². The number of nitrogens with two attached hydrogens (primary N) is 2. The largest absolute Gasteiger partial charge is 0.316 e. The first-order chi connectivity index (χ1) is 1.73. The second kappa shape index (κ2) is 3.92. The third-order valence-electron chi connectivity index (χ3n) is 0. The van der Waals surface area contributed by atoms with Gasteiger partial charge in [0, 0.05) is 6.17 Å². The molecule has 0 heterocycles. The van der Waals surface area contributed by atoms with Crippen LogP contribution in [0, 0.1) is 0 Å². The standard InChI is InChI=1S/C2H8N2.CH4/c1-2(3)4;/h2H,3-4H2,1H3;1H4. The van der Waals surface area contributed by atoms with E-state index >= 15 is 0 Å². The molecule has 0 fully saturated rings. The molecule has 0 unspecified atom stereocenters. The van der Waals surface area contributed by atoms with Crippen LogP contribution in [0.15, 0.2) is 0 Å². The molecule has 0 saturated carbocycles. The maximum Gasteiger partial charge on any atom is 0.0491 e. The molecule has 5 heavy (non-hydrogen) atoms. The van der Waals surface area contributed by atoms with E-state index in [1.54, 1.807) is 6.92 Å². The summed E-state index contributed by atoms with van der Waals surface area (Å²) >= 11 is 0. The van der Waals surface area contributed by atoms with Crippen LogP contribution in [0.3, 0.4) is 0 Å². The summed E-state index contributed by atoms with van der Waals surface area (Å²) in [4.78, 5) is 0. The monoisotopic (exact) mass is 76.1 g/mol. The summed E-state index contributed by atoms with van der Waals surface area (Å²) in [5.74, 6) is 0. The maximum atomic E-state index is 4.89. The molecule has 0 aliphatic heterocycles. The van der Waals surface area contributed by atoms with Gasteiger partial charge in [-0.3, -0.25) is 0 Å². The van der Waals surface area contributed by atoms with Gasteiger partial charge in [0.2, 0.25) is 0 Å². The molecule has 0 saturated heterocycles. The zero-order valence-electron chi connectivity index (χ0n) is 2.73. The molecule has 0 aliphatic carbocycles. The zero-order chi connectivity index (χ0) is 3.58. The topological polar surface area (TPSA) is 52.0 Å². The number of rotatable bonds is 0. The first kappa shape index (κ1) is 8.87. The summed E-state index contributed by atoms with van der Waals surface area (Å²) < 4.78 is 0. The molecule has 0 radical (unpaired) electrons. The Morgan fingerprint density at radius 3 is 1.40 bits per heavy atom. The highest BCUT2D eigenvalue weighted by Gasteiger charge is 1.66. The Hall–Kier alpha value is -0.0800. The van der Waals surface area contributed by atoms with Gasteiger partial charge >= 0.3 is 0 Å². The molecular weight excluding hydrogens is 64.0 g/mol. The Kier molecular flexibility index (Phi) is 6.95. The predicted molar refractivity (Wildman–Crippen MR) is 24.6 cm³/mol. The molecule has 0 aliphatic rings. The summed E-state index contributed by atoms with van der Waals surface area (Å²) in [6.07, 6.45) is -0.167. The van der Waals surface area contributed by atoms with E-state index in [0.717, 1.165) is 0 Å². The fraction of sp³-hybridized carbons (Fsp3) is 1.00. The van der Waals surface area contributed by atoms with Crippen molar-refractivity contribution in [3.05, 3.63) is 0 Å². The molecule has 0 aromatic carbocycles. The molecule has 2 nitrogen and oxygen atoms in total. The van der Waals surface area contributed by atoms with Gasteiger partial charge in [-0.15, -0.1) is 0 Å². The Labute approximate surface area is 33.2 Å². The average Bonchev–Trinajstić information content (AvgIpc) is 0.811. The van der Waals surface area contributed by atoms with Crippen molar-refractivity contribution in [2.45, 2.75) is 20.5 Å². The molecule has 2 heteroatoms. The van der Waals surface area contributed by atoms with Gasteiger partial charge in [0.25, 0.3) is 0 Å². The van der Waals surface area contributed by atoms with Crippen molar-refractivity contribution in [2.75, 3.05) is 0 Å². The molecule has 0 aromatic rings. The molecule has 0 spiro atoms. The van der Waals surface area contributed by atoms with Crippen molar-refractivity contribution in [1.29, 1.82) is 0 Å². The minimum Gasteiger partial charge on any atom is -0.316 e. The Bertz CT molecular complexity index is 9.61. The van der Waals surface area contributed by atoms with Crippen molar-refractivity contribution in [2.24, 2.45) is 11.5 Å². The molecule has 0 amide bonds. The maximum absolute atomic E-state index is 4.89. The van der Waals surface area contributed by atoms with Gasteiger partial charge < -0.3 is 11.5 Å². The zero-order valence-corrected chi connectivity index (χ0v) is 2.73. The van der Waals surface area contributed by atoms with Crippen LogP contribution in [0.2, 0.25) is 0 Å². The van der Waals surface area contributed by atoms with Gasteiger partial charge in [0.15, 0.2) is 0 Å². The van der Waals surface area contributed by atoms with E-state index in [-0.39, 0.29) is 13.6 Å². The smallest absolute Gasteiger partial charge is 0.0491 e. The molecular formula is C3H12N2. The summed E-state index contributed by atoms with van der Waals surface area (Å²) in [5, 5.41) is 0. The van der Waals surface area contributed by atoms with E-state index in [1.807, 2.05) is 0 Å². The van der Waals surface area contributed by atoms with Crippen LogP contribution in [-0.4, -0.2) is 6.17 Å².